The highest BCUT2D eigenvalue weighted by Gasteiger charge is 2.42. The predicted octanol–water partition coefficient (Wildman–Crippen LogP) is 4.14. The van der Waals surface area contributed by atoms with E-state index in [1.54, 1.807) is 18.4 Å². The summed E-state index contributed by atoms with van der Waals surface area (Å²) < 4.78 is 7.39. The normalized spacial score (nSPS) is 18.5. The molecule has 1 aliphatic heterocycles. The van der Waals surface area contributed by atoms with Crippen LogP contribution >= 0.6 is 0 Å². The molecular weight excluding hydrogens is 400 g/mol. The lowest BCUT2D eigenvalue weighted by Crippen LogP contribution is -2.50. The smallest absolute Gasteiger partial charge is 0.290 e. The van der Waals surface area contributed by atoms with Gasteiger partial charge in [-0.05, 0) is 68.8 Å². The Morgan fingerprint density at radius 3 is 2.50 bits per heavy atom. The van der Waals surface area contributed by atoms with Gasteiger partial charge in [-0.1, -0.05) is 30.3 Å². The molecule has 32 heavy (non-hydrogen) atoms. The van der Waals surface area contributed by atoms with Crippen molar-refractivity contribution in [3.63, 3.8) is 0 Å². The van der Waals surface area contributed by atoms with E-state index in [9.17, 15) is 4.79 Å². The van der Waals surface area contributed by atoms with Crippen molar-refractivity contribution in [2.45, 2.75) is 50.7 Å². The van der Waals surface area contributed by atoms with Crippen LogP contribution in [-0.4, -0.2) is 50.7 Å². The number of piperidine rings is 1. The molecule has 5 rings (SSSR count). The fourth-order valence-electron chi connectivity index (χ4n) is 5.12. The van der Waals surface area contributed by atoms with Crippen LogP contribution in [0.15, 0.2) is 65.5 Å². The van der Waals surface area contributed by atoms with Gasteiger partial charge in [0.1, 0.15) is 0 Å². The van der Waals surface area contributed by atoms with Gasteiger partial charge in [-0.2, -0.15) is 5.10 Å². The van der Waals surface area contributed by atoms with Crippen LogP contribution in [-0.2, 0) is 20.0 Å². The van der Waals surface area contributed by atoms with Crippen LogP contribution in [0.25, 0.3) is 0 Å². The number of amides is 1. The van der Waals surface area contributed by atoms with Crippen LogP contribution in [0.1, 0.15) is 47.4 Å². The van der Waals surface area contributed by atoms with E-state index in [1.807, 2.05) is 17.9 Å². The van der Waals surface area contributed by atoms with Crippen molar-refractivity contribution in [1.82, 2.24) is 19.6 Å². The largest absolute Gasteiger partial charge is 0.459 e. The van der Waals surface area contributed by atoms with Gasteiger partial charge in [-0.3, -0.25) is 14.4 Å². The molecule has 2 aromatic heterocycles. The number of hydrogen-bond donors (Lipinski definition) is 0. The van der Waals surface area contributed by atoms with Crippen LogP contribution in [0.2, 0.25) is 0 Å². The van der Waals surface area contributed by atoms with Gasteiger partial charge >= 0.3 is 0 Å². The third-order valence-corrected chi connectivity index (χ3v) is 6.89. The fourth-order valence-corrected chi connectivity index (χ4v) is 5.12. The third-order valence-electron chi connectivity index (χ3n) is 6.89. The van der Waals surface area contributed by atoms with E-state index in [0.717, 1.165) is 51.7 Å². The van der Waals surface area contributed by atoms with Crippen LogP contribution in [0.3, 0.4) is 0 Å². The molecule has 0 N–H and O–H groups in total. The zero-order chi connectivity index (χ0) is 21.9. The summed E-state index contributed by atoms with van der Waals surface area (Å²) in [5.74, 6) is 1.00. The molecule has 2 aliphatic rings. The molecule has 3 heterocycles. The summed E-state index contributed by atoms with van der Waals surface area (Å²) in [6, 6.07) is 14.8. The van der Waals surface area contributed by atoms with E-state index in [2.05, 4.69) is 51.4 Å². The second-order valence-electron chi connectivity index (χ2n) is 9.31. The fraction of sp³-hybridized carbons (Fsp3) is 0.462. The SMILES string of the molecule is Cn1cc(CN2CCC([C@@H](Cc3ccccc3)N(C(=O)c3ccco3)C3CC3)CC2)cn1. The minimum Gasteiger partial charge on any atom is -0.459 e. The van der Waals surface area contributed by atoms with Gasteiger partial charge < -0.3 is 9.32 Å². The molecule has 0 unspecified atom stereocenters. The molecule has 0 radical (unpaired) electrons. The number of aryl methyl sites for hydroxylation is 1. The molecule has 6 heteroatoms. The molecular formula is C26H32N4O2. The first-order valence-corrected chi connectivity index (χ1v) is 11.8. The first kappa shape index (κ1) is 21.0. The maximum Gasteiger partial charge on any atom is 0.290 e. The van der Waals surface area contributed by atoms with Gasteiger partial charge in [-0.15, -0.1) is 0 Å². The summed E-state index contributed by atoms with van der Waals surface area (Å²) >= 11 is 0. The highest BCUT2D eigenvalue weighted by Crippen LogP contribution is 2.36. The molecule has 0 spiro atoms. The number of hydrogen-bond acceptors (Lipinski definition) is 4. The van der Waals surface area contributed by atoms with Gasteiger partial charge in [0.05, 0.1) is 12.5 Å². The van der Waals surface area contributed by atoms with Crippen molar-refractivity contribution in [3.8, 4) is 0 Å². The zero-order valence-corrected chi connectivity index (χ0v) is 18.8. The topological polar surface area (TPSA) is 54.5 Å². The molecule has 1 saturated carbocycles. The lowest BCUT2D eigenvalue weighted by Gasteiger charge is -2.41. The molecule has 1 aliphatic carbocycles. The molecule has 3 aromatic rings. The summed E-state index contributed by atoms with van der Waals surface area (Å²) in [6.45, 7) is 3.05. The van der Waals surface area contributed by atoms with Crippen molar-refractivity contribution in [2.24, 2.45) is 13.0 Å². The Hall–Kier alpha value is -2.86. The first-order valence-electron chi connectivity index (χ1n) is 11.8. The molecule has 168 valence electrons. The Labute approximate surface area is 189 Å². The Bertz CT molecular complexity index is 1000. The Balaban J connectivity index is 1.33. The number of carbonyl (C=O) groups is 1. The van der Waals surface area contributed by atoms with E-state index in [0.29, 0.717) is 17.7 Å². The number of nitrogens with zero attached hydrogens (tertiary/aromatic N) is 4. The summed E-state index contributed by atoms with van der Waals surface area (Å²) in [5.41, 5.74) is 2.56. The number of benzene rings is 1. The van der Waals surface area contributed by atoms with Crippen LogP contribution in [0.5, 0.6) is 0 Å². The monoisotopic (exact) mass is 432 g/mol. The molecule has 1 amide bonds. The Morgan fingerprint density at radius 2 is 1.88 bits per heavy atom. The van der Waals surface area contributed by atoms with Gasteiger partial charge in [0.25, 0.3) is 5.91 Å². The van der Waals surface area contributed by atoms with Crippen LogP contribution < -0.4 is 0 Å². The van der Waals surface area contributed by atoms with Gasteiger partial charge in [-0.25, -0.2) is 0 Å². The second-order valence-corrected chi connectivity index (χ2v) is 9.31. The van der Waals surface area contributed by atoms with E-state index in [-0.39, 0.29) is 11.9 Å². The molecule has 1 aromatic carbocycles. The van der Waals surface area contributed by atoms with Crippen LogP contribution in [0, 0.1) is 5.92 Å². The molecule has 1 atom stereocenters. The van der Waals surface area contributed by atoms with Crippen molar-refractivity contribution < 1.29 is 9.21 Å². The highest BCUT2D eigenvalue weighted by atomic mass is 16.3. The highest BCUT2D eigenvalue weighted by molar-refractivity contribution is 5.92. The lowest BCUT2D eigenvalue weighted by molar-refractivity contribution is 0.0454. The summed E-state index contributed by atoms with van der Waals surface area (Å²) in [5, 5.41) is 4.30. The molecule has 1 saturated heterocycles. The number of furan rings is 1. The minimum atomic E-state index is 0.0521. The molecule has 0 bridgehead atoms. The number of carbonyl (C=O) groups excluding carboxylic acids is 1. The predicted molar refractivity (Wildman–Crippen MR) is 123 cm³/mol. The average Bonchev–Trinajstić information content (AvgIpc) is 3.31. The number of rotatable bonds is 8. The first-order chi connectivity index (χ1) is 15.7. The van der Waals surface area contributed by atoms with E-state index in [1.165, 1.54) is 11.1 Å². The quantitative estimate of drug-likeness (QED) is 0.537. The lowest BCUT2D eigenvalue weighted by atomic mass is 9.84. The summed E-state index contributed by atoms with van der Waals surface area (Å²) in [6.07, 6.45) is 11.0. The maximum absolute atomic E-state index is 13.5. The third kappa shape index (κ3) is 4.80. The van der Waals surface area contributed by atoms with E-state index in [4.69, 9.17) is 4.42 Å². The van der Waals surface area contributed by atoms with E-state index >= 15 is 0 Å². The minimum absolute atomic E-state index is 0.0521. The zero-order valence-electron chi connectivity index (χ0n) is 18.8. The molecule has 6 nitrogen and oxygen atoms in total. The number of likely N-dealkylation sites (tertiary alicyclic amines) is 1. The van der Waals surface area contributed by atoms with Gasteiger partial charge in [0.2, 0.25) is 0 Å². The maximum atomic E-state index is 13.5. The van der Waals surface area contributed by atoms with Crippen molar-refractivity contribution in [3.05, 3.63) is 78.0 Å². The summed E-state index contributed by atoms with van der Waals surface area (Å²) in [4.78, 5) is 18.2. The van der Waals surface area contributed by atoms with Gasteiger partial charge in [0.15, 0.2) is 5.76 Å². The number of aromatic nitrogens is 2. The second kappa shape index (κ2) is 9.33. The Kier molecular flexibility index (Phi) is 6.12. The standard InChI is InChI=1S/C26H32N4O2/c1-28-18-21(17-27-28)19-29-13-11-22(12-14-29)24(16-20-6-3-2-4-7-20)30(23-9-10-23)26(31)25-8-5-15-32-25/h2-8,15,17-18,22-24H,9-14,16,19H2,1H3/t24-/m1/s1. The van der Waals surface area contributed by atoms with Crippen molar-refractivity contribution >= 4 is 5.91 Å². The van der Waals surface area contributed by atoms with Crippen molar-refractivity contribution in [1.29, 1.82) is 0 Å². The van der Waals surface area contributed by atoms with E-state index < -0.39 is 0 Å². The van der Waals surface area contributed by atoms with Crippen LogP contribution in [0.4, 0.5) is 0 Å². The Morgan fingerprint density at radius 1 is 1.09 bits per heavy atom. The summed E-state index contributed by atoms with van der Waals surface area (Å²) in [7, 11) is 1.96. The van der Waals surface area contributed by atoms with Crippen molar-refractivity contribution in [2.75, 3.05) is 13.1 Å². The molecule has 2 fully saturated rings. The van der Waals surface area contributed by atoms with Gasteiger partial charge in [0, 0.05) is 37.4 Å². The average molecular weight is 433 g/mol.